The molecule has 1 amide bonds. The van der Waals surface area contributed by atoms with Crippen LogP contribution in [0.3, 0.4) is 0 Å². The van der Waals surface area contributed by atoms with Crippen LogP contribution in [0.2, 0.25) is 0 Å². The van der Waals surface area contributed by atoms with Crippen molar-refractivity contribution in [3.63, 3.8) is 0 Å². The molecule has 0 aliphatic carbocycles. The third kappa shape index (κ3) is 4.27. The number of nitrogens with zero attached hydrogens (tertiary/aromatic N) is 1. The molecule has 0 aliphatic heterocycles. The highest BCUT2D eigenvalue weighted by atomic mass is 19.4. The third-order valence-corrected chi connectivity index (χ3v) is 5.02. The molecule has 32 heavy (non-hydrogen) atoms. The van der Waals surface area contributed by atoms with Crippen LogP contribution in [-0.2, 0) is 11.0 Å². The number of rotatable bonds is 5. The molecule has 0 unspecified atom stereocenters. The number of fused-ring (bicyclic) bond motifs is 1. The number of hydrogen-bond donors (Lipinski definition) is 2. The van der Waals surface area contributed by atoms with Gasteiger partial charge < -0.3 is 15.0 Å². The summed E-state index contributed by atoms with van der Waals surface area (Å²) in [6.07, 6.45) is -3.84. The molecule has 0 bridgehead atoms. The van der Waals surface area contributed by atoms with Gasteiger partial charge in [-0.15, -0.1) is 0 Å². The Balaban J connectivity index is 0.00000289. The highest BCUT2D eigenvalue weighted by Crippen LogP contribution is 2.40. The highest BCUT2D eigenvalue weighted by Gasteiger charge is 2.41. The van der Waals surface area contributed by atoms with Crippen molar-refractivity contribution in [2.45, 2.75) is 32.0 Å². The van der Waals surface area contributed by atoms with Crippen molar-refractivity contribution in [2.24, 2.45) is 0 Å². The third-order valence-electron chi connectivity index (χ3n) is 5.02. The Morgan fingerprint density at radius 1 is 1.22 bits per heavy atom. The second-order valence-corrected chi connectivity index (χ2v) is 7.10. The van der Waals surface area contributed by atoms with E-state index in [1.165, 1.54) is 19.2 Å². The molecule has 1 aromatic carbocycles. The number of H-pyrrole nitrogens is 1. The number of halogens is 5. The maximum absolute atomic E-state index is 14.1. The molecule has 6 nitrogen and oxygen atoms in total. The molecular formula is C21H22F5N3O3. The predicted molar refractivity (Wildman–Crippen MR) is 109 cm³/mol. The topological polar surface area (TPSA) is 84.1 Å². The Hall–Kier alpha value is -3.50. The molecule has 0 radical (unpaired) electrons. The Bertz CT molecular complexity index is 1250. The number of carbonyl (C=O) groups is 1. The van der Waals surface area contributed by atoms with Gasteiger partial charge in [0.05, 0.1) is 35.5 Å². The molecule has 0 spiro atoms. The number of ether oxygens (including phenoxy) is 1. The van der Waals surface area contributed by atoms with Gasteiger partial charge in [-0.2, -0.15) is 13.2 Å². The first-order valence-electron chi connectivity index (χ1n) is 9.37. The van der Waals surface area contributed by atoms with Gasteiger partial charge in [0.25, 0.3) is 5.56 Å². The number of aromatic nitrogens is 2. The Morgan fingerprint density at radius 2 is 1.91 bits per heavy atom. The van der Waals surface area contributed by atoms with Crippen LogP contribution in [0, 0.1) is 11.6 Å². The fourth-order valence-electron chi connectivity index (χ4n) is 3.49. The summed E-state index contributed by atoms with van der Waals surface area (Å²) in [5.74, 6) is -4.66. The summed E-state index contributed by atoms with van der Waals surface area (Å²) in [6.45, 7) is 2.50. The largest absolute Gasteiger partial charge is 0.480 e. The molecule has 3 aromatic rings. The minimum atomic E-state index is -5.01. The van der Waals surface area contributed by atoms with Crippen molar-refractivity contribution < 1.29 is 34.3 Å². The van der Waals surface area contributed by atoms with Crippen molar-refractivity contribution in [1.29, 1.82) is 0 Å². The molecular weight excluding hydrogens is 437 g/mol. The van der Waals surface area contributed by atoms with E-state index in [9.17, 15) is 31.5 Å². The van der Waals surface area contributed by atoms with Crippen LogP contribution < -0.4 is 15.6 Å². The van der Waals surface area contributed by atoms with E-state index in [1.54, 1.807) is 0 Å². The van der Waals surface area contributed by atoms with Crippen LogP contribution in [0.4, 0.5) is 22.0 Å². The van der Waals surface area contributed by atoms with E-state index >= 15 is 0 Å². The molecule has 2 heterocycles. The summed E-state index contributed by atoms with van der Waals surface area (Å²) in [6, 6.07) is 2.90. The first-order chi connectivity index (χ1) is 15.0. The number of nitrogens with one attached hydrogen (secondary N) is 2. The van der Waals surface area contributed by atoms with Gasteiger partial charge in [-0.3, -0.25) is 9.59 Å². The van der Waals surface area contributed by atoms with Gasteiger partial charge >= 0.3 is 6.18 Å². The fourth-order valence-corrected chi connectivity index (χ4v) is 3.49. The van der Waals surface area contributed by atoms with Gasteiger partial charge in [0, 0.05) is 26.2 Å². The molecule has 0 saturated heterocycles. The lowest BCUT2D eigenvalue weighted by atomic mass is 9.93. The van der Waals surface area contributed by atoms with Crippen molar-refractivity contribution in [2.75, 3.05) is 7.11 Å². The van der Waals surface area contributed by atoms with Gasteiger partial charge in [0.2, 0.25) is 11.8 Å². The van der Waals surface area contributed by atoms with E-state index in [1.807, 2.05) is 0 Å². The molecule has 2 aromatic heterocycles. The maximum Gasteiger partial charge on any atom is 0.417 e. The number of aromatic amines is 1. The molecule has 174 valence electrons. The zero-order valence-corrected chi connectivity index (χ0v) is 17.1. The maximum atomic E-state index is 14.1. The summed E-state index contributed by atoms with van der Waals surface area (Å²) in [7, 11) is 1.13. The summed E-state index contributed by atoms with van der Waals surface area (Å²) in [5, 5.41) is 1.88. The van der Waals surface area contributed by atoms with Gasteiger partial charge in [-0.25, -0.2) is 13.8 Å². The van der Waals surface area contributed by atoms with Crippen LogP contribution in [0.15, 0.2) is 35.3 Å². The van der Waals surface area contributed by atoms with Crippen molar-refractivity contribution in [3.8, 4) is 5.88 Å². The van der Waals surface area contributed by atoms with E-state index in [-0.39, 0.29) is 19.8 Å². The van der Waals surface area contributed by atoms with E-state index in [0.717, 1.165) is 26.2 Å². The number of hydrogen-bond acceptors (Lipinski definition) is 4. The van der Waals surface area contributed by atoms with E-state index < -0.39 is 57.8 Å². The molecule has 11 heteroatoms. The average molecular weight is 459 g/mol. The van der Waals surface area contributed by atoms with Crippen molar-refractivity contribution >= 4 is 16.8 Å². The molecule has 0 saturated carbocycles. The van der Waals surface area contributed by atoms with Gasteiger partial charge in [0.15, 0.2) is 0 Å². The first-order valence-corrected chi connectivity index (χ1v) is 9.37. The smallest absolute Gasteiger partial charge is 0.417 e. The summed E-state index contributed by atoms with van der Waals surface area (Å²) < 4.78 is 74.3. The van der Waals surface area contributed by atoms with Gasteiger partial charge in [-0.1, -0.05) is 6.07 Å². The number of benzene rings is 1. The minimum absolute atomic E-state index is 0. The van der Waals surface area contributed by atoms with E-state index in [2.05, 4.69) is 15.3 Å². The quantitative estimate of drug-likeness (QED) is 0.542. The Labute approximate surface area is 181 Å². The van der Waals surface area contributed by atoms with Gasteiger partial charge in [0.1, 0.15) is 11.6 Å². The zero-order valence-electron chi connectivity index (χ0n) is 17.1. The molecule has 3 rings (SSSR count). The lowest BCUT2D eigenvalue weighted by molar-refractivity contribution is -0.137. The predicted octanol–water partition coefficient (Wildman–Crippen LogP) is 4.70. The lowest BCUT2D eigenvalue weighted by Gasteiger charge is -2.22. The number of methoxy groups -OCH3 is 1. The SMILES string of the molecule is COc1nccc2[nH]c(=O)c([C@H](C)C(=O)N[C@@H](C)c3ccc(F)cc3F)c(C(F)(F)F)c12.[HH].[HH]. The molecule has 0 fully saturated rings. The van der Waals surface area contributed by atoms with Crippen LogP contribution >= 0.6 is 0 Å². The monoisotopic (exact) mass is 459 g/mol. The minimum Gasteiger partial charge on any atom is -0.480 e. The fraction of sp³-hybridized carbons (Fsp3) is 0.286. The summed E-state index contributed by atoms with van der Waals surface area (Å²) in [5.41, 5.74) is -3.51. The summed E-state index contributed by atoms with van der Waals surface area (Å²) >= 11 is 0. The van der Waals surface area contributed by atoms with E-state index in [0.29, 0.717) is 6.07 Å². The molecule has 0 aliphatic rings. The lowest BCUT2D eigenvalue weighted by Crippen LogP contribution is -2.35. The Kier molecular flexibility index (Phi) is 6.20. The number of alkyl halides is 3. The van der Waals surface area contributed by atoms with Crippen LogP contribution in [-0.4, -0.2) is 23.0 Å². The van der Waals surface area contributed by atoms with Gasteiger partial charge in [-0.05, 0) is 26.0 Å². The van der Waals surface area contributed by atoms with E-state index in [4.69, 9.17) is 4.74 Å². The highest BCUT2D eigenvalue weighted by molar-refractivity contribution is 5.91. The number of amides is 1. The van der Waals surface area contributed by atoms with Crippen LogP contribution in [0.1, 0.15) is 45.4 Å². The summed E-state index contributed by atoms with van der Waals surface area (Å²) in [4.78, 5) is 31.4. The zero-order chi connectivity index (χ0) is 23.8. The normalized spacial score (nSPS) is 13.6. The molecule has 2 atom stereocenters. The number of pyridine rings is 2. The van der Waals surface area contributed by atoms with Crippen LogP contribution in [0.25, 0.3) is 10.9 Å². The standard InChI is InChI=1S/C21H18F5N3O3.2H2/c1-9(18(30)28-10(2)12-5-4-11(22)8-13(12)23)15-17(21(24,25)26)16-14(29-19(15)31)6-7-27-20(16)32-3;;/h4-10H,1-3H3,(H,28,30)(H,29,31);2*1H/t9-,10-;;/m0../s1. The van der Waals surface area contributed by atoms with Crippen molar-refractivity contribution in [3.05, 3.63) is 69.1 Å². The second-order valence-electron chi connectivity index (χ2n) is 7.10. The average Bonchev–Trinajstić information content (AvgIpc) is 2.70. The second kappa shape index (κ2) is 8.56. The first kappa shape index (κ1) is 23.2. The molecule has 2 N–H and O–H groups in total. The Morgan fingerprint density at radius 3 is 2.50 bits per heavy atom. The van der Waals surface area contributed by atoms with Crippen LogP contribution in [0.5, 0.6) is 5.88 Å². The number of carbonyl (C=O) groups excluding carboxylic acids is 1. The van der Waals surface area contributed by atoms with Crippen molar-refractivity contribution in [1.82, 2.24) is 15.3 Å².